The van der Waals surface area contributed by atoms with Gasteiger partial charge in [-0.25, -0.2) is 14.4 Å². The summed E-state index contributed by atoms with van der Waals surface area (Å²) in [5, 5.41) is 2.04. The van der Waals surface area contributed by atoms with Crippen molar-refractivity contribution in [2.45, 2.75) is 97.4 Å². The Labute approximate surface area is 246 Å². The number of carbonyl (C=O) groups is 3. The molecule has 0 saturated carbocycles. The number of hydrogen-bond donors (Lipinski definition) is 0. The summed E-state index contributed by atoms with van der Waals surface area (Å²) in [5.74, 6) is -0.743. The third-order valence-corrected chi connectivity index (χ3v) is 11.4. The van der Waals surface area contributed by atoms with Crippen LogP contribution in [0.25, 0.3) is 0 Å². The average Bonchev–Trinajstić information content (AvgIpc) is 2.85. The summed E-state index contributed by atoms with van der Waals surface area (Å²) in [7, 11) is -1.59. The maximum Gasteiger partial charge on any atom is 0.420 e. The van der Waals surface area contributed by atoms with Gasteiger partial charge < -0.3 is 18.6 Å². The molecule has 1 atom stereocenters. The van der Waals surface area contributed by atoms with Gasteiger partial charge in [0.2, 0.25) is 0 Å². The lowest BCUT2D eigenvalue weighted by molar-refractivity contribution is -0.147. The fraction of sp³-hybridized carbons (Fsp3) is 0.531. The SMILES string of the molecule is COC(=O)[C@H](CCCO[Si](c1ccccc1)(c1ccccc1)C(C)(C)C)N(C(=O)OC(C)(C)C)C(=O)OC(C)(C)C. The van der Waals surface area contributed by atoms with Gasteiger partial charge in [0, 0.05) is 6.61 Å². The highest BCUT2D eigenvalue weighted by molar-refractivity contribution is 6.99. The monoisotopic (exact) mass is 585 g/mol. The number of carbonyl (C=O) groups excluding carboxylic acids is 3. The van der Waals surface area contributed by atoms with Crippen molar-refractivity contribution in [3.05, 3.63) is 60.7 Å². The Morgan fingerprint density at radius 1 is 0.732 bits per heavy atom. The van der Waals surface area contributed by atoms with Crippen molar-refractivity contribution < 1.29 is 33.0 Å². The molecule has 8 nitrogen and oxygen atoms in total. The van der Waals surface area contributed by atoms with Crippen LogP contribution in [0.15, 0.2) is 60.7 Å². The van der Waals surface area contributed by atoms with Crippen LogP contribution in [-0.4, -0.2) is 62.3 Å². The number of ether oxygens (including phenoxy) is 3. The first-order chi connectivity index (χ1) is 18.9. The van der Waals surface area contributed by atoms with E-state index in [0.29, 0.717) is 6.42 Å². The van der Waals surface area contributed by atoms with E-state index in [9.17, 15) is 14.4 Å². The molecule has 0 aliphatic rings. The molecular weight excluding hydrogens is 538 g/mol. The number of nitrogens with zero attached hydrogens (tertiary/aromatic N) is 1. The first-order valence-electron chi connectivity index (χ1n) is 14.0. The summed E-state index contributed by atoms with van der Waals surface area (Å²) in [4.78, 5) is 40.1. The zero-order chi connectivity index (χ0) is 31.1. The summed E-state index contributed by atoms with van der Waals surface area (Å²) < 4.78 is 22.9. The second kappa shape index (κ2) is 13.7. The maximum atomic E-state index is 13.2. The van der Waals surface area contributed by atoms with Gasteiger partial charge in [0.1, 0.15) is 17.2 Å². The van der Waals surface area contributed by atoms with Crippen LogP contribution >= 0.6 is 0 Å². The van der Waals surface area contributed by atoms with Crippen LogP contribution in [0.1, 0.15) is 75.2 Å². The zero-order valence-electron chi connectivity index (χ0n) is 26.3. The van der Waals surface area contributed by atoms with E-state index < -0.39 is 43.7 Å². The van der Waals surface area contributed by atoms with Crippen LogP contribution in [0.3, 0.4) is 0 Å². The molecule has 0 saturated heterocycles. The Hall–Kier alpha value is -3.17. The molecule has 2 aromatic carbocycles. The molecule has 0 unspecified atom stereocenters. The normalized spacial score (nSPS) is 13.2. The molecule has 9 heteroatoms. The Bertz CT molecular complexity index is 1080. The van der Waals surface area contributed by atoms with Crippen LogP contribution in [0.5, 0.6) is 0 Å². The van der Waals surface area contributed by atoms with Crippen LogP contribution in [0, 0.1) is 0 Å². The van der Waals surface area contributed by atoms with E-state index in [4.69, 9.17) is 18.6 Å². The van der Waals surface area contributed by atoms with Gasteiger partial charge in [-0.3, -0.25) is 0 Å². The van der Waals surface area contributed by atoms with Crippen LogP contribution in [0.2, 0.25) is 5.04 Å². The fourth-order valence-electron chi connectivity index (χ4n) is 4.70. The molecule has 0 radical (unpaired) electrons. The first-order valence-corrected chi connectivity index (χ1v) is 15.9. The lowest BCUT2D eigenvalue weighted by Gasteiger charge is -2.43. The zero-order valence-corrected chi connectivity index (χ0v) is 27.3. The average molecular weight is 586 g/mol. The van der Waals surface area contributed by atoms with Gasteiger partial charge in [0.25, 0.3) is 8.32 Å². The molecule has 0 aliphatic heterocycles. The smallest absolute Gasteiger partial charge is 0.420 e. The van der Waals surface area contributed by atoms with Crippen molar-refractivity contribution in [2.75, 3.05) is 13.7 Å². The Morgan fingerprint density at radius 3 is 1.49 bits per heavy atom. The van der Waals surface area contributed by atoms with E-state index in [2.05, 4.69) is 45.0 Å². The summed E-state index contributed by atoms with van der Waals surface area (Å²) in [6.07, 6.45) is -1.49. The van der Waals surface area contributed by atoms with Gasteiger partial charge in [0.05, 0.1) is 7.11 Å². The quantitative estimate of drug-likeness (QED) is 0.153. The van der Waals surface area contributed by atoms with Gasteiger partial charge in [-0.05, 0) is 69.8 Å². The number of rotatable bonds is 9. The van der Waals surface area contributed by atoms with E-state index in [1.54, 1.807) is 41.5 Å². The Balaban J connectivity index is 2.41. The first kappa shape index (κ1) is 34.0. The van der Waals surface area contributed by atoms with Crippen molar-refractivity contribution >= 4 is 36.8 Å². The molecule has 41 heavy (non-hydrogen) atoms. The lowest BCUT2D eigenvalue weighted by atomic mass is 10.1. The number of amides is 2. The Morgan fingerprint density at radius 2 is 1.15 bits per heavy atom. The fourth-order valence-corrected chi connectivity index (χ4v) is 9.31. The van der Waals surface area contributed by atoms with Gasteiger partial charge in [-0.1, -0.05) is 81.4 Å². The minimum absolute atomic E-state index is 0.101. The largest absolute Gasteiger partial charge is 0.467 e. The van der Waals surface area contributed by atoms with Crippen molar-refractivity contribution in [1.82, 2.24) is 4.90 Å². The number of benzene rings is 2. The molecule has 0 fully saturated rings. The standard InChI is InChI=1S/C32H47NO7Si/c1-30(2,3)39-28(35)33(29(36)40-31(4,5)6)26(27(34)37-10)22-17-23-38-41(32(7,8)9,24-18-13-11-14-19-24)25-20-15-12-16-21-25/h11-16,18-21,26H,17,22-23H2,1-10H3/t26-/m0/s1. The maximum absolute atomic E-state index is 13.2. The highest BCUT2D eigenvalue weighted by atomic mass is 28.4. The summed E-state index contributed by atoms with van der Waals surface area (Å²) in [6.45, 7) is 16.9. The summed E-state index contributed by atoms with van der Waals surface area (Å²) >= 11 is 0. The molecule has 0 aromatic heterocycles. The third kappa shape index (κ3) is 9.16. The van der Waals surface area contributed by atoms with E-state index in [-0.39, 0.29) is 18.1 Å². The predicted molar refractivity (Wildman–Crippen MR) is 163 cm³/mol. The van der Waals surface area contributed by atoms with Crippen molar-refractivity contribution in [3.8, 4) is 0 Å². The van der Waals surface area contributed by atoms with E-state index in [1.165, 1.54) is 7.11 Å². The molecule has 0 heterocycles. The molecule has 0 spiro atoms. The predicted octanol–water partition coefficient (Wildman–Crippen LogP) is 6.06. The molecule has 0 N–H and O–H groups in total. The number of hydrogen-bond acceptors (Lipinski definition) is 7. The summed E-state index contributed by atoms with van der Waals surface area (Å²) in [5.41, 5.74) is -1.80. The van der Waals surface area contributed by atoms with Crippen LogP contribution in [-0.2, 0) is 23.4 Å². The number of esters is 1. The minimum atomic E-state index is -2.80. The van der Waals surface area contributed by atoms with Gasteiger partial charge in [0.15, 0.2) is 0 Å². The van der Waals surface area contributed by atoms with Crippen molar-refractivity contribution in [2.24, 2.45) is 0 Å². The molecule has 226 valence electrons. The number of imide groups is 1. The van der Waals surface area contributed by atoms with Crippen LogP contribution < -0.4 is 10.4 Å². The second-order valence-corrected chi connectivity index (χ2v) is 17.3. The second-order valence-electron chi connectivity index (χ2n) is 13.0. The third-order valence-electron chi connectivity index (χ3n) is 6.32. The highest BCUT2D eigenvalue weighted by Crippen LogP contribution is 2.37. The topological polar surface area (TPSA) is 91.4 Å². The molecule has 0 bridgehead atoms. The van der Waals surface area contributed by atoms with Gasteiger partial charge >= 0.3 is 18.2 Å². The van der Waals surface area contributed by atoms with E-state index >= 15 is 0 Å². The van der Waals surface area contributed by atoms with Crippen molar-refractivity contribution in [1.29, 1.82) is 0 Å². The summed E-state index contributed by atoms with van der Waals surface area (Å²) in [6, 6.07) is 19.2. The minimum Gasteiger partial charge on any atom is -0.467 e. The van der Waals surface area contributed by atoms with Gasteiger partial charge in [-0.2, -0.15) is 4.90 Å². The molecule has 0 aliphatic carbocycles. The van der Waals surface area contributed by atoms with E-state index in [1.807, 2.05) is 36.4 Å². The van der Waals surface area contributed by atoms with Crippen LogP contribution in [0.4, 0.5) is 9.59 Å². The highest BCUT2D eigenvalue weighted by Gasteiger charge is 2.50. The molecule has 2 aromatic rings. The van der Waals surface area contributed by atoms with Gasteiger partial charge in [-0.15, -0.1) is 0 Å². The molecule has 2 amide bonds. The van der Waals surface area contributed by atoms with E-state index in [0.717, 1.165) is 15.3 Å². The lowest BCUT2D eigenvalue weighted by Crippen LogP contribution is -2.66. The molecular formula is C32H47NO7Si. The Kier molecular flexibility index (Phi) is 11.3. The number of methoxy groups -OCH3 is 1. The molecule has 2 rings (SSSR count). The van der Waals surface area contributed by atoms with Crippen molar-refractivity contribution in [3.63, 3.8) is 0 Å².